The summed E-state index contributed by atoms with van der Waals surface area (Å²) >= 11 is 1.31. The molecule has 0 aliphatic carbocycles. The average Bonchev–Trinajstić information content (AvgIpc) is 2.90. The predicted molar refractivity (Wildman–Crippen MR) is 85.5 cm³/mol. The van der Waals surface area contributed by atoms with Crippen molar-refractivity contribution in [1.29, 1.82) is 0 Å². The molecule has 1 fully saturated rings. The van der Waals surface area contributed by atoms with Gasteiger partial charge in [0.25, 0.3) is 0 Å². The number of nitrogens with zero attached hydrogens (tertiary/aromatic N) is 3. The van der Waals surface area contributed by atoms with Crippen LogP contribution < -0.4 is 10.6 Å². The zero-order valence-corrected chi connectivity index (χ0v) is 13.7. The predicted octanol–water partition coefficient (Wildman–Crippen LogP) is 2.42. The molecule has 118 valence electrons. The number of carbonyl (C=O) groups excluding carboxylic acids is 1. The molecule has 2 rings (SSSR count). The molecule has 1 aliphatic rings. The molecule has 7 heteroatoms. The number of likely N-dealkylation sites (tertiary alicyclic amines) is 1. The van der Waals surface area contributed by atoms with Crippen molar-refractivity contribution >= 4 is 22.5 Å². The number of aromatic nitrogens is 2. The zero-order valence-electron chi connectivity index (χ0n) is 12.8. The van der Waals surface area contributed by atoms with Gasteiger partial charge in [-0.15, -0.1) is 10.2 Å². The van der Waals surface area contributed by atoms with Crippen molar-refractivity contribution in [2.45, 2.75) is 33.1 Å². The molecular weight excluding hydrogens is 286 g/mol. The highest BCUT2D eigenvalue weighted by atomic mass is 32.1. The molecule has 2 amide bonds. The lowest BCUT2D eigenvalue weighted by Crippen LogP contribution is -2.39. The SMILES string of the molecule is CC1CC(C)CN(CCCCNC(=O)Nc2nncs2)C1. The van der Waals surface area contributed by atoms with Crippen LogP contribution in [0.1, 0.15) is 33.1 Å². The van der Waals surface area contributed by atoms with E-state index in [9.17, 15) is 4.79 Å². The van der Waals surface area contributed by atoms with Crippen molar-refractivity contribution in [3.05, 3.63) is 5.51 Å². The first-order chi connectivity index (χ1) is 10.1. The molecule has 0 saturated carbocycles. The lowest BCUT2D eigenvalue weighted by Gasteiger charge is -2.34. The first-order valence-electron chi connectivity index (χ1n) is 7.67. The van der Waals surface area contributed by atoms with Gasteiger partial charge in [-0.3, -0.25) is 5.32 Å². The standard InChI is InChI=1S/C14H25N5OS/c1-11-7-12(2)9-19(8-11)6-4-3-5-15-13(20)17-14-18-16-10-21-14/h10-12H,3-9H2,1-2H3,(H2,15,17,18,20). The highest BCUT2D eigenvalue weighted by Gasteiger charge is 2.20. The molecule has 0 spiro atoms. The van der Waals surface area contributed by atoms with Gasteiger partial charge in [-0.05, 0) is 37.6 Å². The number of hydrogen-bond acceptors (Lipinski definition) is 5. The van der Waals surface area contributed by atoms with Gasteiger partial charge in [0.1, 0.15) is 5.51 Å². The van der Waals surface area contributed by atoms with Crippen LogP contribution in [0.4, 0.5) is 9.93 Å². The fraction of sp³-hybridized carbons (Fsp3) is 0.786. The Morgan fingerprint density at radius 1 is 1.38 bits per heavy atom. The maximum Gasteiger partial charge on any atom is 0.321 e. The van der Waals surface area contributed by atoms with E-state index in [0.29, 0.717) is 11.7 Å². The second-order valence-electron chi connectivity index (χ2n) is 6.04. The van der Waals surface area contributed by atoms with Crippen LogP contribution in [0.25, 0.3) is 0 Å². The van der Waals surface area contributed by atoms with E-state index in [0.717, 1.165) is 31.2 Å². The lowest BCUT2D eigenvalue weighted by molar-refractivity contribution is 0.139. The summed E-state index contributed by atoms with van der Waals surface area (Å²) < 4.78 is 0. The van der Waals surface area contributed by atoms with Crippen LogP contribution >= 0.6 is 11.3 Å². The molecular formula is C14H25N5OS. The van der Waals surface area contributed by atoms with Crippen molar-refractivity contribution < 1.29 is 4.79 Å². The molecule has 0 aromatic carbocycles. The van der Waals surface area contributed by atoms with Gasteiger partial charge in [-0.25, -0.2) is 4.79 Å². The van der Waals surface area contributed by atoms with Gasteiger partial charge in [-0.2, -0.15) is 0 Å². The highest BCUT2D eigenvalue weighted by molar-refractivity contribution is 7.13. The molecule has 6 nitrogen and oxygen atoms in total. The van der Waals surface area contributed by atoms with Crippen LogP contribution in [0.5, 0.6) is 0 Å². The molecule has 21 heavy (non-hydrogen) atoms. The number of amides is 2. The zero-order chi connectivity index (χ0) is 15.1. The number of piperidine rings is 1. The maximum absolute atomic E-state index is 11.6. The van der Waals surface area contributed by atoms with Gasteiger partial charge >= 0.3 is 6.03 Å². The van der Waals surface area contributed by atoms with E-state index in [1.165, 1.54) is 30.8 Å². The van der Waals surface area contributed by atoms with Gasteiger partial charge < -0.3 is 10.2 Å². The molecule has 1 saturated heterocycles. The van der Waals surface area contributed by atoms with Gasteiger partial charge in [0.15, 0.2) is 0 Å². The van der Waals surface area contributed by atoms with Gasteiger partial charge in [0.05, 0.1) is 0 Å². The minimum atomic E-state index is -0.202. The van der Waals surface area contributed by atoms with Gasteiger partial charge in [0, 0.05) is 19.6 Å². The Balaban J connectivity index is 1.52. The quantitative estimate of drug-likeness (QED) is 0.792. The largest absolute Gasteiger partial charge is 0.338 e. The third-order valence-corrected chi connectivity index (χ3v) is 4.32. The minimum absolute atomic E-state index is 0.202. The first-order valence-corrected chi connectivity index (χ1v) is 8.55. The van der Waals surface area contributed by atoms with E-state index in [2.05, 4.69) is 39.6 Å². The third kappa shape index (κ3) is 5.97. The van der Waals surface area contributed by atoms with E-state index in [-0.39, 0.29) is 6.03 Å². The third-order valence-electron chi connectivity index (χ3n) is 3.71. The van der Waals surface area contributed by atoms with Gasteiger partial charge in [0.2, 0.25) is 5.13 Å². The summed E-state index contributed by atoms with van der Waals surface area (Å²) in [5.74, 6) is 1.62. The van der Waals surface area contributed by atoms with Crippen molar-refractivity contribution in [1.82, 2.24) is 20.4 Å². The molecule has 2 N–H and O–H groups in total. The van der Waals surface area contributed by atoms with Crippen LogP contribution in [0.15, 0.2) is 5.51 Å². The van der Waals surface area contributed by atoms with Crippen LogP contribution in [0.2, 0.25) is 0 Å². The molecule has 1 aromatic rings. The number of nitrogens with one attached hydrogen (secondary N) is 2. The van der Waals surface area contributed by atoms with Crippen molar-refractivity contribution in [3.63, 3.8) is 0 Å². The molecule has 2 heterocycles. The Bertz CT molecular complexity index is 415. The van der Waals surface area contributed by atoms with E-state index < -0.39 is 0 Å². The summed E-state index contributed by atoms with van der Waals surface area (Å²) in [6, 6.07) is -0.202. The Hall–Kier alpha value is -1.21. The van der Waals surface area contributed by atoms with Crippen LogP contribution in [0.3, 0.4) is 0 Å². The van der Waals surface area contributed by atoms with Crippen LogP contribution in [-0.2, 0) is 0 Å². The van der Waals surface area contributed by atoms with E-state index in [1.54, 1.807) is 5.51 Å². The average molecular weight is 311 g/mol. The van der Waals surface area contributed by atoms with Crippen molar-refractivity contribution in [2.24, 2.45) is 11.8 Å². The summed E-state index contributed by atoms with van der Waals surface area (Å²) in [6.07, 6.45) is 3.48. The molecule has 1 aliphatic heterocycles. The number of carbonyl (C=O) groups is 1. The number of rotatable bonds is 6. The molecule has 0 radical (unpaired) electrons. The number of urea groups is 1. The van der Waals surface area contributed by atoms with Crippen LogP contribution in [0, 0.1) is 11.8 Å². The number of anilines is 1. The first kappa shape index (κ1) is 16.2. The topological polar surface area (TPSA) is 70.2 Å². The van der Waals surface area contributed by atoms with E-state index in [4.69, 9.17) is 0 Å². The summed E-state index contributed by atoms with van der Waals surface area (Å²) in [6.45, 7) is 8.94. The summed E-state index contributed by atoms with van der Waals surface area (Å²) in [5, 5.41) is 13.5. The second-order valence-corrected chi connectivity index (χ2v) is 6.87. The lowest BCUT2D eigenvalue weighted by atomic mass is 9.92. The fourth-order valence-electron chi connectivity index (χ4n) is 3.01. The Morgan fingerprint density at radius 2 is 2.14 bits per heavy atom. The molecule has 2 atom stereocenters. The highest BCUT2D eigenvalue weighted by Crippen LogP contribution is 2.20. The number of hydrogen-bond donors (Lipinski definition) is 2. The Labute approximate surface area is 130 Å². The normalized spacial score (nSPS) is 23.0. The smallest absolute Gasteiger partial charge is 0.321 e. The number of unbranched alkanes of at least 4 members (excludes halogenated alkanes) is 1. The maximum atomic E-state index is 11.6. The summed E-state index contributed by atoms with van der Waals surface area (Å²) in [4.78, 5) is 14.1. The van der Waals surface area contributed by atoms with E-state index >= 15 is 0 Å². The van der Waals surface area contributed by atoms with Crippen molar-refractivity contribution in [2.75, 3.05) is 31.5 Å². The molecule has 2 unspecified atom stereocenters. The Kier molecular flexibility index (Phi) is 6.38. The van der Waals surface area contributed by atoms with Crippen LogP contribution in [-0.4, -0.2) is 47.3 Å². The fourth-order valence-corrected chi connectivity index (χ4v) is 3.45. The summed E-state index contributed by atoms with van der Waals surface area (Å²) in [5.41, 5.74) is 1.59. The molecule has 0 bridgehead atoms. The minimum Gasteiger partial charge on any atom is -0.338 e. The van der Waals surface area contributed by atoms with E-state index in [1.807, 2.05) is 0 Å². The van der Waals surface area contributed by atoms with Gasteiger partial charge in [-0.1, -0.05) is 25.2 Å². The second kappa shape index (κ2) is 8.29. The molecule has 1 aromatic heterocycles. The van der Waals surface area contributed by atoms with Crippen molar-refractivity contribution in [3.8, 4) is 0 Å². The summed E-state index contributed by atoms with van der Waals surface area (Å²) in [7, 11) is 0. The Morgan fingerprint density at radius 3 is 2.81 bits per heavy atom. The monoisotopic (exact) mass is 311 g/mol.